The fraction of sp³-hybridized carbons (Fsp3) is 0.120. The van der Waals surface area contributed by atoms with Gasteiger partial charge in [0.2, 0.25) is 0 Å². The zero-order valence-electron chi connectivity index (χ0n) is 17.7. The first-order chi connectivity index (χ1) is 15.3. The number of halogens is 2. The highest BCUT2D eigenvalue weighted by Gasteiger charge is 2.41. The predicted octanol–water partition coefficient (Wildman–Crippen LogP) is 4.99. The van der Waals surface area contributed by atoms with Crippen LogP contribution in [-0.4, -0.2) is 18.9 Å². The van der Waals surface area contributed by atoms with Crippen LogP contribution < -0.4 is 15.0 Å². The van der Waals surface area contributed by atoms with Gasteiger partial charge in [-0.3, -0.25) is 9.59 Å². The minimum atomic E-state index is -1.01. The van der Waals surface area contributed by atoms with Crippen molar-refractivity contribution in [3.63, 3.8) is 0 Å². The maximum absolute atomic E-state index is 14.5. The maximum Gasteiger partial charge on any atom is 0.282 e. The van der Waals surface area contributed by atoms with Crippen LogP contribution in [0, 0.1) is 25.5 Å². The molecule has 1 aliphatic rings. The van der Waals surface area contributed by atoms with Gasteiger partial charge in [-0.1, -0.05) is 24.3 Å². The highest BCUT2D eigenvalue weighted by Crippen LogP contribution is 2.36. The summed E-state index contributed by atoms with van der Waals surface area (Å²) < 4.78 is 33.1. The average Bonchev–Trinajstić information content (AvgIpc) is 3.00. The van der Waals surface area contributed by atoms with Gasteiger partial charge in [0.25, 0.3) is 11.8 Å². The standard InChI is InChI=1S/C25H20F2N2O3/c1-14-4-5-15(2)20(12-14)28-23-22(16-6-9-18(32-3)10-7-16)24(30)29(25(23)31)21-11-8-17(26)13-19(21)27/h4-13,28H,1-3H3. The molecule has 0 atom stereocenters. The number of carbonyl (C=O) groups is 2. The number of amides is 2. The van der Waals surface area contributed by atoms with Crippen LogP contribution in [0.4, 0.5) is 20.2 Å². The van der Waals surface area contributed by atoms with Crippen molar-refractivity contribution in [1.29, 1.82) is 0 Å². The summed E-state index contributed by atoms with van der Waals surface area (Å²) in [5.74, 6) is -2.67. The molecule has 32 heavy (non-hydrogen) atoms. The molecular formula is C25H20F2N2O3. The summed E-state index contributed by atoms with van der Waals surface area (Å²) >= 11 is 0. The van der Waals surface area contributed by atoms with Crippen LogP contribution in [-0.2, 0) is 9.59 Å². The van der Waals surface area contributed by atoms with Crippen LogP contribution in [0.5, 0.6) is 5.75 Å². The number of nitrogens with zero attached hydrogens (tertiary/aromatic N) is 1. The zero-order valence-corrected chi connectivity index (χ0v) is 17.7. The topological polar surface area (TPSA) is 58.6 Å². The van der Waals surface area contributed by atoms with Crippen molar-refractivity contribution in [3.8, 4) is 5.75 Å². The first-order valence-corrected chi connectivity index (χ1v) is 9.87. The van der Waals surface area contributed by atoms with Crippen LogP contribution in [0.3, 0.4) is 0 Å². The molecule has 0 spiro atoms. The Kier molecular flexibility index (Phi) is 5.48. The van der Waals surface area contributed by atoms with Gasteiger partial charge in [0.05, 0.1) is 18.4 Å². The first kappa shape index (κ1) is 21.2. The monoisotopic (exact) mass is 434 g/mol. The summed E-state index contributed by atoms with van der Waals surface area (Å²) in [4.78, 5) is 27.5. The van der Waals surface area contributed by atoms with Gasteiger partial charge in [-0.15, -0.1) is 0 Å². The van der Waals surface area contributed by atoms with Gasteiger partial charge in [0.15, 0.2) is 0 Å². The number of aryl methyl sites for hydroxylation is 2. The van der Waals surface area contributed by atoms with Gasteiger partial charge in [0, 0.05) is 11.8 Å². The number of hydrogen-bond donors (Lipinski definition) is 1. The normalized spacial score (nSPS) is 13.7. The Morgan fingerprint density at radius 1 is 0.875 bits per heavy atom. The van der Waals surface area contributed by atoms with E-state index in [0.29, 0.717) is 23.1 Å². The lowest BCUT2D eigenvalue weighted by atomic mass is 10.0. The highest BCUT2D eigenvalue weighted by atomic mass is 19.1. The van der Waals surface area contributed by atoms with Crippen LogP contribution >= 0.6 is 0 Å². The van der Waals surface area contributed by atoms with E-state index in [4.69, 9.17) is 4.74 Å². The lowest BCUT2D eigenvalue weighted by Gasteiger charge is -2.16. The molecule has 1 N–H and O–H groups in total. The summed E-state index contributed by atoms with van der Waals surface area (Å²) in [6.07, 6.45) is 0. The van der Waals surface area contributed by atoms with Crippen LogP contribution in [0.1, 0.15) is 16.7 Å². The fourth-order valence-corrected chi connectivity index (χ4v) is 3.56. The Labute approximate surface area is 183 Å². The van der Waals surface area contributed by atoms with E-state index in [9.17, 15) is 18.4 Å². The lowest BCUT2D eigenvalue weighted by Crippen LogP contribution is -2.33. The maximum atomic E-state index is 14.5. The largest absolute Gasteiger partial charge is 0.497 e. The molecule has 0 saturated heterocycles. The summed E-state index contributed by atoms with van der Waals surface area (Å²) in [6, 6.07) is 15.0. The molecule has 1 heterocycles. The van der Waals surface area contributed by atoms with E-state index in [0.717, 1.165) is 28.2 Å². The summed E-state index contributed by atoms with van der Waals surface area (Å²) in [5.41, 5.74) is 2.72. The van der Waals surface area contributed by atoms with Gasteiger partial charge in [-0.25, -0.2) is 13.7 Å². The molecule has 4 rings (SSSR count). The number of benzene rings is 3. The third kappa shape index (κ3) is 3.73. The Bertz CT molecular complexity index is 1270. The molecule has 0 radical (unpaired) electrons. The van der Waals surface area contributed by atoms with E-state index in [1.807, 2.05) is 32.0 Å². The highest BCUT2D eigenvalue weighted by molar-refractivity contribution is 6.46. The second kappa shape index (κ2) is 8.26. The van der Waals surface area contributed by atoms with Crippen molar-refractivity contribution in [2.75, 3.05) is 17.3 Å². The van der Waals surface area contributed by atoms with Gasteiger partial charge in [-0.2, -0.15) is 0 Å². The zero-order chi connectivity index (χ0) is 23.0. The molecule has 0 aromatic heterocycles. The minimum absolute atomic E-state index is 0.0117. The first-order valence-electron chi connectivity index (χ1n) is 9.87. The van der Waals surface area contributed by atoms with Crippen molar-refractivity contribution in [2.24, 2.45) is 0 Å². The Hall–Kier alpha value is -4.00. The average molecular weight is 434 g/mol. The minimum Gasteiger partial charge on any atom is -0.497 e. The number of hydrogen-bond acceptors (Lipinski definition) is 4. The van der Waals surface area contributed by atoms with E-state index >= 15 is 0 Å². The van der Waals surface area contributed by atoms with Crippen molar-refractivity contribution in [3.05, 3.63) is 94.7 Å². The molecule has 1 aliphatic heterocycles. The third-order valence-corrected chi connectivity index (χ3v) is 5.27. The molecule has 7 heteroatoms. The molecule has 0 unspecified atom stereocenters. The molecule has 2 amide bonds. The molecule has 3 aromatic rings. The van der Waals surface area contributed by atoms with E-state index in [1.165, 1.54) is 7.11 Å². The predicted molar refractivity (Wildman–Crippen MR) is 118 cm³/mol. The Morgan fingerprint density at radius 3 is 2.25 bits per heavy atom. The van der Waals surface area contributed by atoms with E-state index in [-0.39, 0.29) is 17.0 Å². The van der Waals surface area contributed by atoms with Gasteiger partial charge >= 0.3 is 0 Å². The molecule has 0 saturated carbocycles. The van der Waals surface area contributed by atoms with E-state index < -0.39 is 23.4 Å². The van der Waals surface area contributed by atoms with Gasteiger partial charge < -0.3 is 10.1 Å². The molecule has 0 fully saturated rings. The van der Waals surface area contributed by atoms with Crippen molar-refractivity contribution >= 4 is 28.8 Å². The van der Waals surface area contributed by atoms with E-state index in [1.54, 1.807) is 24.3 Å². The SMILES string of the molecule is COc1ccc(C2=C(Nc3cc(C)ccc3C)C(=O)N(c3ccc(F)cc3F)C2=O)cc1. The van der Waals surface area contributed by atoms with Gasteiger partial charge in [0.1, 0.15) is 23.1 Å². The van der Waals surface area contributed by atoms with E-state index in [2.05, 4.69) is 5.32 Å². The second-order valence-corrected chi connectivity index (χ2v) is 7.46. The third-order valence-electron chi connectivity index (χ3n) is 5.27. The molecule has 162 valence electrons. The van der Waals surface area contributed by atoms with Crippen molar-refractivity contribution in [1.82, 2.24) is 0 Å². The summed E-state index contributed by atoms with van der Waals surface area (Å²) in [6.45, 7) is 3.78. The van der Waals surface area contributed by atoms with Crippen LogP contribution in [0.2, 0.25) is 0 Å². The molecule has 0 bridgehead atoms. The number of ether oxygens (including phenoxy) is 1. The summed E-state index contributed by atoms with van der Waals surface area (Å²) in [7, 11) is 1.52. The van der Waals surface area contributed by atoms with Crippen molar-refractivity contribution in [2.45, 2.75) is 13.8 Å². The number of imide groups is 1. The molecule has 0 aliphatic carbocycles. The molecule has 3 aromatic carbocycles. The molecular weight excluding hydrogens is 414 g/mol. The number of rotatable bonds is 5. The number of nitrogens with one attached hydrogen (secondary N) is 1. The Morgan fingerprint density at radius 2 is 1.59 bits per heavy atom. The number of methoxy groups -OCH3 is 1. The fourth-order valence-electron chi connectivity index (χ4n) is 3.56. The summed E-state index contributed by atoms with van der Waals surface area (Å²) in [5, 5.41) is 3.08. The Balaban J connectivity index is 1.86. The second-order valence-electron chi connectivity index (χ2n) is 7.46. The smallest absolute Gasteiger partial charge is 0.282 e. The quantitative estimate of drug-likeness (QED) is 0.575. The van der Waals surface area contributed by atoms with Crippen LogP contribution in [0.15, 0.2) is 66.4 Å². The number of carbonyl (C=O) groups excluding carboxylic acids is 2. The number of anilines is 2. The van der Waals surface area contributed by atoms with Crippen LogP contribution in [0.25, 0.3) is 5.57 Å². The van der Waals surface area contributed by atoms with Gasteiger partial charge in [-0.05, 0) is 60.9 Å². The molecule has 5 nitrogen and oxygen atoms in total. The lowest BCUT2D eigenvalue weighted by molar-refractivity contribution is -0.120. The van der Waals surface area contributed by atoms with Crippen molar-refractivity contribution < 1.29 is 23.1 Å².